The van der Waals surface area contributed by atoms with Crippen LogP contribution in [0.25, 0.3) is 0 Å². The first kappa shape index (κ1) is 14.9. The lowest BCUT2D eigenvalue weighted by Crippen LogP contribution is -2.55. The van der Waals surface area contributed by atoms with E-state index in [1.807, 2.05) is 24.3 Å². The van der Waals surface area contributed by atoms with Crippen LogP contribution in [0.4, 0.5) is 5.69 Å². The molecule has 0 heterocycles. The summed E-state index contributed by atoms with van der Waals surface area (Å²) in [6, 6.07) is 7.71. The molecule has 0 aromatic heterocycles. The molecule has 0 atom stereocenters. The normalized spacial score (nSPS) is 34.2. The fourth-order valence-electron chi connectivity index (χ4n) is 5.24. The number of hydrogen-bond donors (Lipinski definition) is 3. The number of rotatable bonds is 3. The number of carbonyl (C=O) groups excluding carboxylic acids is 1. The van der Waals surface area contributed by atoms with Crippen LogP contribution in [0, 0.1) is 23.7 Å². The lowest BCUT2D eigenvalue weighted by atomic mass is 9.54. The summed E-state index contributed by atoms with van der Waals surface area (Å²) in [5.41, 5.74) is 6.96. The van der Waals surface area contributed by atoms with Crippen molar-refractivity contribution in [3.63, 3.8) is 0 Å². The number of thiocarbonyl (C=S) groups is 1. The van der Waals surface area contributed by atoms with Gasteiger partial charge >= 0.3 is 0 Å². The van der Waals surface area contributed by atoms with Crippen molar-refractivity contribution in [1.29, 1.82) is 0 Å². The van der Waals surface area contributed by atoms with Crippen molar-refractivity contribution >= 4 is 28.9 Å². The van der Waals surface area contributed by atoms with Gasteiger partial charge in [-0.1, -0.05) is 0 Å². The SMILES string of the molecule is NC(=S)Nc1ccc(C(=O)NC2C3CC4CC(C3)CC2C4)cc1. The maximum absolute atomic E-state index is 12.6. The minimum atomic E-state index is 0.0457. The summed E-state index contributed by atoms with van der Waals surface area (Å²) in [6.45, 7) is 0. The molecule has 122 valence electrons. The topological polar surface area (TPSA) is 67.1 Å². The van der Waals surface area contributed by atoms with Gasteiger partial charge in [0.25, 0.3) is 5.91 Å². The Labute approximate surface area is 142 Å². The third kappa shape index (κ3) is 2.94. The van der Waals surface area contributed by atoms with Crippen LogP contribution >= 0.6 is 12.2 Å². The first-order valence-corrected chi connectivity index (χ1v) is 8.96. The third-order valence-corrected chi connectivity index (χ3v) is 6.04. The number of hydrogen-bond acceptors (Lipinski definition) is 2. The number of benzene rings is 1. The number of carbonyl (C=O) groups is 1. The van der Waals surface area contributed by atoms with Crippen molar-refractivity contribution in [2.75, 3.05) is 5.32 Å². The van der Waals surface area contributed by atoms with Crippen LogP contribution in [-0.4, -0.2) is 17.1 Å². The predicted molar refractivity (Wildman–Crippen MR) is 95.1 cm³/mol. The second-order valence-corrected chi connectivity index (χ2v) is 7.94. The van der Waals surface area contributed by atoms with E-state index >= 15 is 0 Å². The monoisotopic (exact) mass is 329 g/mol. The zero-order chi connectivity index (χ0) is 16.0. The number of anilines is 1. The Kier molecular flexibility index (Phi) is 3.76. The van der Waals surface area contributed by atoms with E-state index in [1.165, 1.54) is 32.1 Å². The molecule has 4 fully saturated rings. The zero-order valence-electron chi connectivity index (χ0n) is 13.1. The van der Waals surface area contributed by atoms with Gasteiger partial charge in [0, 0.05) is 17.3 Å². The Balaban J connectivity index is 1.43. The lowest BCUT2D eigenvalue weighted by molar-refractivity contribution is -0.0119. The van der Waals surface area contributed by atoms with Crippen molar-refractivity contribution in [3.05, 3.63) is 29.8 Å². The Morgan fingerprint density at radius 1 is 1.00 bits per heavy atom. The summed E-state index contributed by atoms with van der Waals surface area (Å²) >= 11 is 4.82. The molecule has 4 aliphatic rings. The third-order valence-electron chi connectivity index (χ3n) is 5.94. The van der Waals surface area contributed by atoms with Crippen LogP contribution in [0.1, 0.15) is 42.5 Å². The minimum absolute atomic E-state index is 0.0457. The Hall–Kier alpha value is -1.62. The molecule has 1 aromatic carbocycles. The average Bonchev–Trinajstić information content (AvgIpc) is 2.50. The molecule has 0 saturated heterocycles. The standard InChI is InChI=1S/C18H23N3OS/c19-18(23)20-15-3-1-12(2-4-15)17(22)21-16-13-6-10-5-11(8-13)9-14(16)7-10/h1-4,10-11,13-14,16H,5-9H2,(H,21,22)(H3,19,20,23). The Bertz CT molecular complexity index is 600. The van der Waals surface area contributed by atoms with Gasteiger partial charge in [-0.2, -0.15) is 0 Å². The molecule has 4 saturated carbocycles. The van der Waals surface area contributed by atoms with Crippen molar-refractivity contribution in [1.82, 2.24) is 5.32 Å². The molecule has 0 radical (unpaired) electrons. The van der Waals surface area contributed by atoms with E-state index < -0.39 is 0 Å². The molecule has 4 N–H and O–H groups in total. The van der Waals surface area contributed by atoms with Crippen molar-refractivity contribution in [3.8, 4) is 0 Å². The van der Waals surface area contributed by atoms with Gasteiger partial charge in [-0.05, 0) is 92.3 Å². The van der Waals surface area contributed by atoms with Crippen LogP contribution in [0.2, 0.25) is 0 Å². The fraction of sp³-hybridized carbons (Fsp3) is 0.556. The maximum Gasteiger partial charge on any atom is 0.251 e. The predicted octanol–water partition coefficient (Wildman–Crippen LogP) is 2.90. The van der Waals surface area contributed by atoms with Gasteiger partial charge in [-0.15, -0.1) is 0 Å². The molecule has 23 heavy (non-hydrogen) atoms. The Morgan fingerprint density at radius 3 is 2.09 bits per heavy atom. The van der Waals surface area contributed by atoms with Crippen molar-refractivity contribution < 1.29 is 4.79 Å². The molecular formula is C18H23N3OS. The first-order valence-electron chi connectivity index (χ1n) is 8.56. The molecule has 4 bridgehead atoms. The maximum atomic E-state index is 12.6. The van der Waals surface area contributed by atoms with Crippen LogP contribution in [0.3, 0.4) is 0 Å². The number of amides is 1. The molecule has 5 rings (SSSR count). The van der Waals surface area contributed by atoms with Crippen LogP contribution < -0.4 is 16.4 Å². The van der Waals surface area contributed by atoms with Gasteiger partial charge in [-0.25, -0.2) is 0 Å². The van der Waals surface area contributed by atoms with Gasteiger partial charge in [0.05, 0.1) is 0 Å². The molecular weight excluding hydrogens is 306 g/mol. The van der Waals surface area contributed by atoms with Crippen molar-refractivity contribution in [2.45, 2.75) is 38.1 Å². The van der Waals surface area contributed by atoms with E-state index in [1.54, 1.807) is 0 Å². The van der Waals surface area contributed by atoms with E-state index in [0.29, 0.717) is 23.4 Å². The summed E-state index contributed by atoms with van der Waals surface area (Å²) < 4.78 is 0. The molecule has 1 aromatic rings. The molecule has 0 spiro atoms. The summed E-state index contributed by atoms with van der Waals surface area (Å²) in [5.74, 6) is 3.30. The highest BCUT2D eigenvalue weighted by Gasteiger charge is 2.48. The van der Waals surface area contributed by atoms with Crippen LogP contribution in [-0.2, 0) is 0 Å². The first-order chi connectivity index (χ1) is 11.1. The van der Waals surface area contributed by atoms with Crippen LogP contribution in [0.15, 0.2) is 24.3 Å². The van der Waals surface area contributed by atoms with Gasteiger partial charge in [0.2, 0.25) is 0 Å². The van der Waals surface area contributed by atoms with E-state index in [4.69, 9.17) is 18.0 Å². The smallest absolute Gasteiger partial charge is 0.251 e. The van der Waals surface area contributed by atoms with E-state index in [-0.39, 0.29) is 11.0 Å². The molecule has 4 nitrogen and oxygen atoms in total. The van der Waals surface area contributed by atoms with Gasteiger partial charge < -0.3 is 16.4 Å². The van der Waals surface area contributed by atoms with Gasteiger partial charge in [-0.3, -0.25) is 4.79 Å². The fourth-order valence-corrected chi connectivity index (χ4v) is 5.36. The summed E-state index contributed by atoms with van der Waals surface area (Å²) in [5, 5.41) is 6.43. The quantitative estimate of drug-likeness (QED) is 0.746. The average molecular weight is 329 g/mol. The van der Waals surface area contributed by atoms with E-state index in [2.05, 4.69) is 10.6 Å². The highest BCUT2D eigenvalue weighted by atomic mass is 32.1. The largest absolute Gasteiger partial charge is 0.376 e. The highest BCUT2D eigenvalue weighted by Crippen LogP contribution is 2.53. The minimum Gasteiger partial charge on any atom is -0.376 e. The molecule has 5 heteroatoms. The van der Waals surface area contributed by atoms with E-state index in [0.717, 1.165) is 17.5 Å². The van der Waals surface area contributed by atoms with Crippen molar-refractivity contribution in [2.24, 2.45) is 29.4 Å². The zero-order valence-corrected chi connectivity index (χ0v) is 13.9. The number of nitrogens with one attached hydrogen (secondary N) is 2. The second kappa shape index (κ2) is 5.78. The molecule has 0 aliphatic heterocycles. The summed E-state index contributed by atoms with van der Waals surface area (Å²) in [6.07, 6.45) is 6.69. The van der Waals surface area contributed by atoms with Gasteiger partial charge in [0.1, 0.15) is 0 Å². The van der Waals surface area contributed by atoms with Gasteiger partial charge in [0.15, 0.2) is 5.11 Å². The Morgan fingerprint density at radius 2 is 1.57 bits per heavy atom. The highest BCUT2D eigenvalue weighted by molar-refractivity contribution is 7.80. The molecule has 1 amide bonds. The number of nitrogens with two attached hydrogens (primary N) is 1. The lowest BCUT2D eigenvalue weighted by Gasteiger charge is -2.54. The summed E-state index contributed by atoms with van der Waals surface area (Å²) in [4.78, 5) is 12.6. The summed E-state index contributed by atoms with van der Waals surface area (Å²) in [7, 11) is 0. The molecule has 0 unspecified atom stereocenters. The van der Waals surface area contributed by atoms with E-state index in [9.17, 15) is 4.79 Å². The second-order valence-electron chi connectivity index (χ2n) is 7.50. The molecule has 4 aliphatic carbocycles. The van der Waals surface area contributed by atoms with Crippen LogP contribution in [0.5, 0.6) is 0 Å².